The molecule has 1 atom stereocenters. The summed E-state index contributed by atoms with van der Waals surface area (Å²) in [5.74, 6) is 0.336. The fourth-order valence-electron chi connectivity index (χ4n) is 2.99. The van der Waals surface area contributed by atoms with Gasteiger partial charge in [-0.15, -0.1) is 0 Å². The number of allylic oxidation sites excluding steroid dienone is 1. The molecule has 1 aliphatic heterocycles. The number of halogens is 3. The Kier molecular flexibility index (Phi) is 4.87. The van der Waals surface area contributed by atoms with Crippen molar-refractivity contribution >= 4 is 11.8 Å². The van der Waals surface area contributed by atoms with Crippen molar-refractivity contribution in [2.75, 3.05) is 20.8 Å². The average molecular weight is 361 g/mol. The SMILES string of the molecule is COc1ccc2c(c1)C(OC)(C(F)(F)F)CN=C2C=Cc1ccccc1. The summed E-state index contributed by atoms with van der Waals surface area (Å²) in [6, 6.07) is 14.1. The molecule has 0 bridgehead atoms. The molecule has 1 heterocycles. The van der Waals surface area contributed by atoms with Crippen molar-refractivity contribution in [2.24, 2.45) is 4.99 Å². The lowest BCUT2D eigenvalue weighted by atomic mass is 9.84. The van der Waals surface area contributed by atoms with Crippen LogP contribution in [0.15, 0.2) is 59.6 Å². The highest BCUT2D eigenvalue weighted by Crippen LogP contribution is 2.46. The van der Waals surface area contributed by atoms with E-state index in [9.17, 15) is 13.2 Å². The van der Waals surface area contributed by atoms with E-state index < -0.39 is 18.3 Å². The maximum absolute atomic E-state index is 13.8. The Morgan fingerprint density at radius 2 is 1.77 bits per heavy atom. The molecule has 0 amide bonds. The molecule has 0 saturated carbocycles. The Morgan fingerprint density at radius 3 is 2.38 bits per heavy atom. The second kappa shape index (κ2) is 6.96. The Morgan fingerprint density at radius 1 is 1.04 bits per heavy atom. The van der Waals surface area contributed by atoms with Crippen LogP contribution in [0.3, 0.4) is 0 Å². The number of rotatable bonds is 4. The lowest BCUT2D eigenvalue weighted by Gasteiger charge is -2.37. The van der Waals surface area contributed by atoms with E-state index in [1.165, 1.54) is 13.2 Å². The molecule has 1 unspecified atom stereocenters. The average Bonchev–Trinajstić information content (AvgIpc) is 2.65. The minimum absolute atomic E-state index is 0.00885. The standard InChI is InChI=1S/C20H18F3NO2/c1-25-15-9-10-16-17(12-15)19(26-2,20(21,22)23)13-24-18(16)11-8-14-6-4-3-5-7-14/h3-12H,13H2,1-2H3. The van der Waals surface area contributed by atoms with Gasteiger partial charge in [-0.05, 0) is 29.8 Å². The quantitative estimate of drug-likeness (QED) is 0.796. The summed E-state index contributed by atoms with van der Waals surface area (Å²) >= 11 is 0. The van der Waals surface area contributed by atoms with Gasteiger partial charge >= 0.3 is 6.18 Å². The second-order valence-corrected chi connectivity index (χ2v) is 5.89. The van der Waals surface area contributed by atoms with Crippen molar-refractivity contribution in [3.05, 3.63) is 71.3 Å². The number of hydrogen-bond donors (Lipinski definition) is 0. The van der Waals surface area contributed by atoms with Crippen molar-refractivity contribution in [1.82, 2.24) is 0 Å². The summed E-state index contributed by atoms with van der Waals surface area (Å²) in [4.78, 5) is 4.18. The molecule has 3 rings (SSSR count). The topological polar surface area (TPSA) is 30.8 Å². The van der Waals surface area contributed by atoms with E-state index in [1.54, 1.807) is 18.2 Å². The smallest absolute Gasteiger partial charge is 0.423 e. The van der Waals surface area contributed by atoms with E-state index in [4.69, 9.17) is 9.47 Å². The molecule has 0 saturated heterocycles. The fraction of sp³-hybridized carbons (Fsp3) is 0.250. The predicted octanol–water partition coefficient (Wildman–Crippen LogP) is 4.62. The summed E-state index contributed by atoms with van der Waals surface area (Å²) in [5.41, 5.74) is -0.688. The zero-order valence-corrected chi connectivity index (χ0v) is 14.4. The van der Waals surface area contributed by atoms with Gasteiger partial charge in [0.15, 0.2) is 0 Å². The highest BCUT2D eigenvalue weighted by atomic mass is 19.4. The number of aliphatic imine (C=N–C) groups is 1. The molecule has 1 aliphatic rings. The number of alkyl halides is 3. The third-order valence-corrected chi connectivity index (χ3v) is 4.45. The van der Waals surface area contributed by atoms with Crippen LogP contribution in [0.4, 0.5) is 13.2 Å². The summed E-state index contributed by atoms with van der Waals surface area (Å²) in [5, 5.41) is 0. The summed E-state index contributed by atoms with van der Waals surface area (Å²) in [6.07, 6.45) is -1.07. The van der Waals surface area contributed by atoms with E-state index >= 15 is 0 Å². The van der Waals surface area contributed by atoms with Crippen molar-refractivity contribution in [1.29, 1.82) is 0 Å². The van der Waals surface area contributed by atoms with E-state index in [2.05, 4.69) is 4.99 Å². The van der Waals surface area contributed by atoms with Crippen LogP contribution in [0.1, 0.15) is 16.7 Å². The van der Waals surface area contributed by atoms with Crippen LogP contribution in [0.2, 0.25) is 0 Å². The normalized spacial score (nSPS) is 20.0. The van der Waals surface area contributed by atoms with Gasteiger partial charge < -0.3 is 9.47 Å². The molecule has 6 heteroatoms. The fourth-order valence-corrected chi connectivity index (χ4v) is 2.99. The molecule has 0 N–H and O–H groups in total. The van der Waals surface area contributed by atoms with Gasteiger partial charge in [0.25, 0.3) is 0 Å². The minimum atomic E-state index is -4.61. The Bertz CT molecular complexity index is 844. The van der Waals surface area contributed by atoms with Crippen LogP contribution in [-0.4, -0.2) is 32.7 Å². The van der Waals surface area contributed by atoms with Crippen LogP contribution < -0.4 is 4.74 Å². The molecule has 26 heavy (non-hydrogen) atoms. The molecule has 2 aromatic carbocycles. The Hall–Kier alpha value is -2.60. The number of nitrogens with zero attached hydrogens (tertiary/aromatic N) is 1. The van der Waals surface area contributed by atoms with Gasteiger partial charge in [0.2, 0.25) is 5.60 Å². The second-order valence-electron chi connectivity index (χ2n) is 5.89. The van der Waals surface area contributed by atoms with Gasteiger partial charge in [0.1, 0.15) is 5.75 Å². The third kappa shape index (κ3) is 3.12. The van der Waals surface area contributed by atoms with E-state index in [1.807, 2.05) is 36.4 Å². The molecule has 136 valence electrons. The molecule has 0 aromatic heterocycles. The highest BCUT2D eigenvalue weighted by Gasteiger charge is 2.59. The first kappa shape index (κ1) is 18.2. The van der Waals surface area contributed by atoms with Crippen LogP contribution >= 0.6 is 0 Å². The molecule has 0 radical (unpaired) electrons. The maximum atomic E-state index is 13.8. The van der Waals surface area contributed by atoms with E-state index in [-0.39, 0.29) is 5.56 Å². The van der Waals surface area contributed by atoms with Crippen LogP contribution in [0, 0.1) is 0 Å². The Balaban J connectivity index is 2.10. The van der Waals surface area contributed by atoms with Crippen molar-refractivity contribution in [2.45, 2.75) is 11.8 Å². The van der Waals surface area contributed by atoms with E-state index in [0.717, 1.165) is 12.7 Å². The lowest BCUT2D eigenvalue weighted by molar-refractivity contribution is -0.272. The Labute approximate surface area is 149 Å². The molecule has 3 nitrogen and oxygen atoms in total. The first-order valence-corrected chi connectivity index (χ1v) is 7.99. The van der Waals surface area contributed by atoms with Gasteiger partial charge in [-0.2, -0.15) is 13.2 Å². The first-order chi connectivity index (χ1) is 12.4. The van der Waals surface area contributed by atoms with Crippen LogP contribution in [-0.2, 0) is 10.3 Å². The van der Waals surface area contributed by atoms with Gasteiger partial charge in [-0.25, -0.2) is 0 Å². The molecule has 0 aliphatic carbocycles. The van der Waals surface area contributed by atoms with Crippen molar-refractivity contribution in [3.63, 3.8) is 0 Å². The van der Waals surface area contributed by atoms with Gasteiger partial charge in [-0.1, -0.05) is 36.4 Å². The molecule has 0 fully saturated rings. The third-order valence-electron chi connectivity index (χ3n) is 4.45. The van der Waals surface area contributed by atoms with Gasteiger partial charge in [0, 0.05) is 18.2 Å². The molecule has 2 aromatic rings. The largest absolute Gasteiger partial charge is 0.497 e. The molecular formula is C20H18F3NO2. The number of benzene rings is 2. The summed E-state index contributed by atoms with van der Waals surface area (Å²) in [6.45, 7) is -0.540. The van der Waals surface area contributed by atoms with Crippen molar-refractivity contribution < 1.29 is 22.6 Å². The van der Waals surface area contributed by atoms with Crippen molar-refractivity contribution in [3.8, 4) is 5.75 Å². The molecular weight excluding hydrogens is 343 g/mol. The van der Waals surface area contributed by atoms with E-state index in [0.29, 0.717) is 17.0 Å². The zero-order chi connectivity index (χ0) is 18.8. The highest BCUT2D eigenvalue weighted by molar-refractivity contribution is 6.12. The minimum Gasteiger partial charge on any atom is -0.497 e. The maximum Gasteiger partial charge on any atom is 0.423 e. The monoisotopic (exact) mass is 361 g/mol. The summed E-state index contributed by atoms with van der Waals surface area (Å²) in [7, 11) is 2.47. The zero-order valence-electron chi connectivity index (χ0n) is 14.4. The first-order valence-electron chi connectivity index (χ1n) is 7.99. The van der Waals surface area contributed by atoms with Crippen LogP contribution in [0.5, 0.6) is 5.75 Å². The number of ether oxygens (including phenoxy) is 2. The van der Waals surface area contributed by atoms with Gasteiger partial charge in [-0.3, -0.25) is 4.99 Å². The van der Waals surface area contributed by atoms with Gasteiger partial charge in [0.05, 0.1) is 19.4 Å². The molecule has 0 spiro atoms. The summed E-state index contributed by atoms with van der Waals surface area (Å²) < 4.78 is 51.6. The number of methoxy groups -OCH3 is 2. The lowest BCUT2D eigenvalue weighted by Crippen LogP contribution is -2.49. The predicted molar refractivity (Wildman–Crippen MR) is 94.6 cm³/mol. The number of fused-ring (bicyclic) bond motifs is 1. The number of hydrogen-bond acceptors (Lipinski definition) is 3. The van der Waals surface area contributed by atoms with Crippen LogP contribution in [0.25, 0.3) is 6.08 Å².